The molecule has 0 heterocycles. The summed E-state index contributed by atoms with van der Waals surface area (Å²) >= 11 is 3.46. The van der Waals surface area contributed by atoms with E-state index in [2.05, 4.69) is 51.1 Å². The fraction of sp³-hybridized carbons (Fsp3) is 0.412. The van der Waals surface area contributed by atoms with E-state index < -0.39 is 0 Å². The molecule has 5 nitrogen and oxygen atoms in total. The third-order valence-electron chi connectivity index (χ3n) is 3.18. The normalized spacial score (nSPS) is 10.6. The van der Waals surface area contributed by atoms with Crippen molar-refractivity contribution in [2.75, 3.05) is 27.2 Å². The highest BCUT2D eigenvalue weighted by Gasteiger charge is 2.06. The molecule has 1 amide bonds. The zero-order chi connectivity index (χ0) is 17.4. The summed E-state index contributed by atoms with van der Waals surface area (Å²) in [5.74, 6) is 0.597. The van der Waals surface area contributed by atoms with Crippen LogP contribution in [0.4, 0.5) is 0 Å². The molecule has 0 saturated heterocycles. The van der Waals surface area contributed by atoms with Crippen molar-refractivity contribution in [2.24, 2.45) is 4.99 Å². The number of hydrogen-bond acceptors (Lipinski definition) is 2. The van der Waals surface area contributed by atoms with Crippen molar-refractivity contribution < 1.29 is 4.79 Å². The van der Waals surface area contributed by atoms with Gasteiger partial charge in [-0.1, -0.05) is 34.1 Å². The van der Waals surface area contributed by atoms with Crippen molar-refractivity contribution in [1.82, 2.24) is 15.5 Å². The van der Waals surface area contributed by atoms with Gasteiger partial charge in [-0.2, -0.15) is 0 Å². The summed E-state index contributed by atoms with van der Waals surface area (Å²) < 4.78 is 1.05. The number of aryl methyl sites for hydroxylation is 1. The van der Waals surface area contributed by atoms with Gasteiger partial charge in [-0.05, 0) is 37.1 Å². The Kier molecular flexibility index (Phi) is 10.9. The molecule has 0 saturated carbocycles. The van der Waals surface area contributed by atoms with Crippen LogP contribution in [0.15, 0.2) is 39.8 Å². The molecule has 0 atom stereocenters. The van der Waals surface area contributed by atoms with Gasteiger partial charge in [-0.3, -0.25) is 4.79 Å². The number of benzene rings is 1. The van der Waals surface area contributed by atoms with Gasteiger partial charge in [-0.15, -0.1) is 24.0 Å². The van der Waals surface area contributed by atoms with Crippen LogP contribution >= 0.6 is 39.9 Å². The maximum absolute atomic E-state index is 11.7. The van der Waals surface area contributed by atoms with Crippen LogP contribution in [0.2, 0.25) is 0 Å². The SMILES string of the molecule is C=C(C)CNC(=NCc1ccc(Br)cc1C)NCC(=O)N(C)C.I. The number of aliphatic imine (C=N–C) groups is 1. The van der Waals surface area contributed by atoms with Crippen molar-refractivity contribution in [1.29, 1.82) is 0 Å². The van der Waals surface area contributed by atoms with E-state index in [1.807, 2.05) is 19.1 Å². The maximum Gasteiger partial charge on any atom is 0.241 e. The molecule has 1 aromatic carbocycles. The summed E-state index contributed by atoms with van der Waals surface area (Å²) in [6, 6.07) is 6.11. The maximum atomic E-state index is 11.7. The minimum absolute atomic E-state index is 0. The molecule has 0 fully saturated rings. The summed E-state index contributed by atoms with van der Waals surface area (Å²) in [6.45, 7) is 9.22. The van der Waals surface area contributed by atoms with E-state index in [-0.39, 0.29) is 36.4 Å². The average Bonchev–Trinajstić information content (AvgIpc) is 2.47. The molecule has 134 valence electrons. The van der Waals surface area contributed by atoms with Gasteiger partial charge in [0.15, 0.2) is 5.96 Å². The fourth-order valence-corrected chi connectivity index (χ4v) is 2.20. The number of nitrogens with zero attached hydrogens (tertiary/aromatic N) is 2. The van der Waals surface area contributed by atoms with Crippen LogP contribution in [0, 0.1) is 6.92 Å². The Morgan fingerprint density at radius 2 is 1.92 bits per heavy atom. The van der Waals surface area contributed by atoms with Gasteiger partial charge >= 0.3 is 0 Å². The van der Waals surface area contributed by atoms with Gasteiger partial charge < -0.3 is 15.5 Å². The predicted molar refractivity (Wildman–Crippen MR) is 115 cm³/mol. The highest BCUT2D eigenvalue weighted by atomic mass is 127. The van der Waals surface area contributed by atoms with E-state index in [1.54, 1.807) is 19.0 Å². The molecule has 1 rings (SSSR count). The number of rotatable bonds is 6. The number of carbonyl (C=O) groups excluding carboxylic acids is 1. The lowest BCUT2D eigenvalue weighted by atomic mass is 10.1. The van der Waals surface area contributed by atoms with Crippen LogP contribution < -0.4 is 10.6 Å². The van der Waals surface area contributed by atoms with E-state index >= 15 is 0 Å². The van der Waals surface area contributed by atoms with Crippen LogP contribution in [-0.2, 0) is 11.3 Å². The van der Waals surface area contributed by atoms with Crippen molar-refractivity contribution in [3.8, 4) is 0 Å². The lowest BCUT2D eigenvalue weighted by Gasteiger charge is -2.15. The first kappa shape index (κ1) is 22.9. The number of guanidine groups is 1. The molecular formula is C17H26BrIN4O. The Balaban J connectivity index is 0.00000529. The molecule has 1 aromatic rings. The summed E-state index contributed by atoms with van der Waals surface area (Å²) in [5.41, 5.74) is 3.31. The molecule has 0 radical (unpaired) electrons. The second-order valence-electron chi connectivity index (χ2n) is 5.69. The highest BCUT2D eigenvalue weighted by Crippen LogP contribution is 2.16. The first-order valence-electron chi connectivity index (χ1n) is 7.41. The Hall–Kier alpha value is -1.09. The van der Waals surface area contributed by atoms with E-state index in [9.17, 15) is 4.79 Å². The molecule has 0 aliphatic heterocycles. The standard InChI is InChI=1S/C17H25BrN4O.HI/c1-12(2)9-19-17(21-11-16(23)22(4)5)20-10-14-6-7-15(18)8-13(14)3;/h6-8H,1,9-11H2,2-5H3,(H2,19,20,21);1H. The second-order valence-corrected chi connectivity index (χ2v) is 6.60. The average molecular weight is 509 g/mol. The Bertz CT molecular complexity index is 602. The summed E-state index contributed by atoms with van der Waals surface area (Å²) in [4.78, 5) is 17.8. The minimum atomic E-state index is -0.00496. The van der Waals surface area contributed by atoms with Gasteiger partial charge in [-0.25, -0.2) is 4.99 Å². The van der Waals surface area contributed by atoms with Crippen molar-refractivity contribution in [3.63, 3.8) is 0 Å². The molecule has 0 unspecified atom stereocenters. The van der Waals surface area contributed by atoms with Gasteiger partial charge in [0.1, 0.15) is 0 Å². The van der Waals surface area contributed by atoms with E-state index in [0.29, 0.717) is 19.0 Å². The molecule has 0 bridgehead atoms. The molecule has 0 spiro atoms. The highest BCUT2D eigenvalue weighted by molar-refractivity contribution is 14.0. The van der Waals surface area contributed by atoms with E-state index in [0.717, 1.165) is 15.6 Å². The third kappa shape index (κ3) is 8.68. The predicted octanol–water partition coefficient (Wildman–Crippen LogP) is 3.08. The van der Waals surface area contributed by atoms with Crippen molar-refractivity contribution in [3.05, 3.63) is 46.0 Å². The molecule has 0 aliphatic carbocycles. The number of nitrogens with one attached hydrogen (secondary N) is 2. The van der Waals surface area contributed by atoms with Crippen LogP contribution in [0.1, 0.15) is 18.1 Å². The Labute approximate surface area is 170 Å². The lowest BCUT2D eigenvalue weighted by Crippen LogP contribution is -2.43. The fourth-order valence-electron chi connectivity index (χ4n) is 1.73. The number of halogens is 2. The van der Waals surface area contributed by atoms with Crippen LogP contribution in [0.5, 0.6) is 0 Å². The number of likely N-dealkylation sites (N-methyl/N-ethyl adjacent to an activating group) is 1. The first-order chi connectivity index (χ1) is 10.8. The van der Waals surface area contributed by atoms with Crippen LogP contribution in [0.3, 0.4) is 0 Å². The summed E-state index contributed by atoms with van der Waals surface area (Å²) in [5, 5.41) is 6.23. The van der Waals surface area contributed by atoms with Gasteiger partial charge in [0.2, 0.25) is 5.91 Å². The molecule has 7 heteroatoms. The minimum Gasteiger partial charge on any atom is -0.353 e. The van der Waals surface area contributed by atoms with Gasteiger partial charge in [0.05, 0.1) is 13.1 Å². The quantitative estimate of drug-likeness (QED) is 0.269. The zero-order valence-electron chi connectivity index (χ0n) is 14.6. The molecular weight excluding hydrogens is 483 g/mol. The molecule has 0 aromatic heterocycles. The zero-order valence-corrected chi connectivity index (χ0v) is 18.6. The monoisotopic (exact) mass is 508 g/mol. The van der Waals surface area contributed by atoms with Crippen LogP contribution in [-0.4, -0.2) is 44.0 Å². The van der Waals surface area contributed by atoms with E-state index in [4.69, 9.17) is 0 Å². The number of amides is 1. The lowest BCUT2D eigenvalue weighted by molar-refractivity contribution is -0.127. The number of carbonyl (C=O) groups is 1. The topological polar surface area (TPSA) is 56.7 Å². The van der Waals surface area contributed by atoms with Gasteiger partial charge in [0, 0.05) is 25.1 Å². The van der Waals surface area contributed by atoms with Crippen molar-refractivity contribution >= 4 is 51.8 Å². The van der Waals surface area contributed by atoms with Crippen LogP contribution in [0.25, 0.3) is 0 Å². The summed E-state index contributed by atoms with van der Waals surface area (Å²) in [7, 11) is 3.46. The molecule has 24 heavy (non-hydrogen) atoms. The first-order valence-corrected chi connectivity index (χ1v) is 8.20. The Morgan fingerprint density at radius 1 is 1.29 bits per heavy atom. The molecule has 2 N–H and O–H groups in total. The van der Waals surface area contributed by atoms with E-state index in [1.165, 1.54) is 5.56 Å². The van der Waals surface area contributed by atoms with Gasteiger partial charge in [0.25, 0.3) is 0 Å². The Morgan fingerprint density at radius 3 is 2.46 bits per heavy atom. The second kappa shape index (κ2) is 11.5. The third-order valence-corrected chi connectivity index (χ3v) is 3.67. The molecule has 0 aliphatic rings. The summed E-state index contributed by atoms with van der Waals surface area (Å²) in [6.07, 6.45) is 0. The van der Waals surface area contributed by atoms with Crippen molar-refractivity contribution in [2.45, 2.75) is 20.4 Å². The smallest absolute Gasteiger partial charge is 0.241 e. The largest absolute Gasteiger partial charge is 0.353 e. The number of hydrogen-bond donors (Lipinski definition) is 2.